The minimum absolute atomic E-state index is 0.0874. The van der Waals surface area contributed by atoms with Gasteiger partial charge in [0.15, 0.2) is 5.78 Å². The van der Waals surface area contributed by atoms with Gasteiger partial charge in [-0.1, -0.05) is 23.7 Å². The van der Waals surface area contributed by atoms with Gasteiger partial charge in [-0.3, -0.25) is 4.79 Å². The van der Waals surface area contributed by atoms with Gasteiger partial charge in [0.05, 0.1) is 6.61 Å². The molecule has 0 fully saturated rings. The molecule has 0 aliphatic carbocycles. The van der Waals surface area contributed by atoms with Crippen LogP contribution in [0.25, 0.3) is 0 Å². The zero-order chi connectivity index (χ0) is 14.8. The third kappa shape index (κ3) is 3.25. The second-order valence-electron chi connectivity index (χ2n) is 5.02. The van der Waals surface area contributed by atoms with Gasteiger partial charge in [-0.25, -0.2) is 0 Å². The summed E-state index contributed by atoms with van der Waals surface area (Å²) in [5.74, 6) is 1.85. The summed E-state index contributed by atoms with van der Waals surface area (Å²) in [6.45, 7) is 2.31. The first-order valence-corrected chi connectivity index (χ1v) is 8.18. The summed E-state index contributed by atoms with van der Waals surface area (Å²) in [6.07, 6.45) is 0.924. The highest BCUT2D eigenvalue weighted by atomic mass is 35.5. The number of rotatable bonds is 4. The van der Waals surface area contributed by atoms with Crippen LogP contribution < -0.4 is 4.74 Å². The highest BCUT2D eigenvalue weighted by Gasteiger charge is 2.17. The van der Waals surface area contributed by atoms with Crippen LogP contribution >= 0.6 is 23.4 Å². The van der Waals surface area contributed by atoms with E-state index in [1.807, 2.05) is 36.4 Å². The molecule has 108 valence electrons. The topological polar surface area (TPSA) is 26.3 Å². The molecule has 0 unspecified atom stereocenters. The van der Waals surface area contributed by atoms with Crippen molar-refractivity contribution < 1.29 is 9.53 Å². The van der Waals surface area contributed by atoms with E-state index >= 15 is 0 Å². The lowest BCUT2D eigenvalue weighted by Crippen LogP contribution is -1.92. The van der Waals surface area contributed by atoms with Gasteiger partial charge in [0.25, 0.3) is 0 Å². The Morgan fingerprint density at radius 3 is 3.00 bits per heavy atom. The molecule has 3 rings (SSSR count). The molecule has 0 amide bonds. The van der Waals surface area contributed by atoms with E-state index in [-0.39, 0.29) is 5.78 Å². The second kappa shape index (κ2) is 6.12. The van der Waals surface area contributed by atoms with Gasteiger partial charge in [-0.2, -0.15) is 0 Å². The number of fused-ring (bicyclic) bond motifs is 1. The summed E-state index contributed by atoms with van der Waals surface area (Å²) in [4.78, 5) is 12.5. The van der Waals surface area contributed by atoms with Crippen LogP contribution in [0.5, 0.6) is 5.75 Å². The van der Waals surface area contributed by atoms with Gasteiger partial charge >= 0.3 is 0 Å². The molecule has 0 saturated carbocycles. The van der Waals surface area contributed by atoms with E-state index in [1.54, 1.807) is 18.7 Å². The Kier molecular flexibility index (Phi) is 4.22. The average Bonchev–Trinajstić information content (AvgIpc) is 2.93. The monoisotopic (exact) mass is 318 g/mol. The van der Waals surface area contributed by atoms with Crippen molar-refractivity contribution in [2.24, 2.45) is 0 Å². The Labute approximate surface area is 133 Å². The predicted octanol–water partition coefficient (Wildman–Crippen LogP) is 4.77. The first kappa shape index (κ1) is 14.5. The van der Waals surface area contributed by atoms with E-state index in [0.717, 1.165) is 45.6 Å². The Morgan fingerprint density at radius 2 is 2.19 bits per heavy atom. The molecule has 2 aromatic rings. The molecule has 0 spiro atoms. The molecule has 0 atom stereocenters. The SMILES string of the molecule is CC(=O)c1cccc(SCc2cc(Cl)cc3c2OCC3)c1. The zero-order valence-electron chi connectivity index (χ0n) is 11.7. The summed E-state index contributed by atoms with van der Waals surface area (Å²) >= 11 is 7.86. The second-order valence-corrected chi connectivity index (χ2v) is 6.51. The summed E-state index contributed by atoms with van der Waals surface area (Å²) in [5.41, 5.74) is 3.05. The van der Waals surface area contributed by atoms with Crippen LogP contribution in [0.2, 0.25) is 5.02 Å². The first-order valence-electron chi connectivity index (χ1n) is 6.81. The highest BCUT2D eigenvalue weighted by molar-refractivity contribution is 7.98. The summed E-state index contributed by atoms with van der Waals surface area (Å²) in [7, 11) is 0. The van der Waals surface area contributed by atoms with Crippen molar-refractivity contribution in [2.45, 2.75) is 24.0 Å². The minimum atomic E-state index is 0.0874. The van der Waals surface area contributed by atoms with Gasteiger partial charge in [-0.05, 0) is 36.8 Å². The lowest BCUT2D eigenvalue weighted by molar-refractivity contribution is 0.101. The fourth-order valence-corrected chi connectivity index (χ4v) is 3.60. The summed E-state index contributed by atoms with van der Waals surface area (Å²) in [5, 5.41) is 0.757. The number of ketones is 1. The quantitative estimate of drug-likeness (QED) is 0.600. The normalized spacial score (nSPS) is 12.9. The van der Waals surface area contributed by atoms with Crippen molar-refractivity contribution in [3.05, 3.63) is 58.1 Å². The molecule has 1 heterocycles. The number of hydrogen-bond acceptors (Lipinski definition) is 3. The molecule has 0 radical (unpaired) electrons. The van der Waals surface area contributed by atoms with Crippen molar-refractivity contribution >= 4 is 29.1 Å². The number of Topliss-reactive ketones (excluding diaryl/α,β-unsaturated/α-hetero) is 1. The minimum Gasteiger partial charge on any atom is -0.493 e. The van der Waals surface area contributed by atoms with Crippen molar-refractivity contribution in [2.75, 3.05) is 6.61 Å². The Hall–Kier alpha value is -1.45. The summed E-state index contributed by atoms with van der Waals surface area (Å²) in [6, 6.07) is 11.6. The van der Waals surface area contributed by atoms with Crippen molar-refractivity contribution in [1.82, 2.24) is 0 Å². The number of carbonyl (C=O) groups excluding carboxylic acids is 1. The van der Waals surface area contributed by atoms with Gasteiger partial charge in [-0.15, -0.1) is 11.8 Å². The molecule has 2 aromatic carbocycles. The lowest BCUT2D eigenvalue weighted by atomic mass is 10.1. The third-order valence-electron chi connectivity index (χ3n) is 3.46. The van der Waals surface area contributed by atoms with Crippen LogP contribution in [0.4, 0.5) is 0 Å². The standard InChI is InChI=1S/C17H15ClO2S/c1-11(19)12-3-2-4-16(9-12)21-10-14-8-15(18)7-13-5-6-20-17(13)14/h2-4,7-9H,5-6,10H2,1H3. The zero-order valence-corrected chi connectivity index (χ0v) is 13.3. The van der Waals surface area contributed by atoms with Crippen LogP contribution in [0, 0.1) is 0 Å². The molecule has 2 nitrogen and oxygen atoms in total. The Bertz CT molecular complexity index is 697. The van der Waals surface area contributed by atoms with E-state index in [4.69, 9.17) is 16.3 Å². The molecule has 4 heteroatoms. The van der Waals surface area contributed by atoms with Crippen LogP contribution in [-0.2, 0) is 12.2 Å². The predicted molar refractivity (Wildman–Crippen MR) is 86.7 cm³/mol. The first-order chi connectivity index (χ1) is 10.1. The molecule has 0 bridgehead atoms. The molecular formula is C17H15ClO2S. The Morgan fingerprint density at radius 1 is 1.33 bits per heavy atom. The fourth-order valence-electron chi connectivity index (χ4n) is 2.42. The number of ether oxygens (including phenoxy) is 1. The van der Waals surface area contributed by atoms with Crippen LogP contribution in [-0.4, -0.2) is 12.4 Å². The fraction of sp³-hybridized carbons (Fsp3) is 0.235. The molecule has 0 aromatic heterocycles. The van der Waals surface area contributed by atoms with Gasteiger partial charge in [0, 0.05) is 33.2 Å². The van der Waals surface area contributed by atoms with E-state index < -0.39 is 0 Å². The largest absolute Gasteiger partial charge is 0.493 e. The number of halogens is 1. The average molecular weight is 319 g/mol. The maximum Gasteiger partial charge on any atom is 0.159 e. The summed E-state index contributed by atoms with van der Waals surface area (Å²) < 4.78 is 5.71. The number of hydrogen-bond donors (Lipinski definition) is 0. The van der Waals surface area contributed by atoms with E-state index in [0.29, 0.717) is 0 Å². The van der Waals surface area contributed by atoms with Crippen LogP contribution in [0.15, 0.2) is 41.3 Å². The van der Waals surface area contributed by atoms with E-state index in [2.05, 4.69) is 0 Å². The maximum absolute atomic E-state index is 11.4. The number of benzene rings is 2. The van der Waals surface area contributed by atoms with Crippen molar-refractivity contribution in [3.63, 3.8) is 0 Å². The molecule has 1 aliphatic heterocycles. The maximum atomic E-state index is 11.4. The van der Waals surface area contributed by atoms with E-state index in [1.165, 1.54) is 5.56 Å². The number of carbonyl (C=O) groups is 1. The van der Waals surface area contributed by atoms with Gasteiger partial charge in [0.2, 0.25) is 0 Å². The lowest BCUT2D eigenvalue weighted by Gasteiger charge is -2.09. The van der Waals surface area contributed by atoms with Crippen molar-refractivity contribution in [3.8, 4) is 5.75 Å². The molecule has 21 heavy (non-hydrogen) atoms. The molecule has 0 saturated heterocycles. The number of thioether (sulfide) groups is 1. The third-order valence-corrected chi connectivity index (χ3v) is 4.72. The van der Waals surface area contributed by atoms with Gasteiger partial charge < -0.3 is 4.74 Å². The highest BCUT2D eigenvalue weighted by Crippen LogP contribution is 2.36. The Balaban J connectivity index is 1.79. The smallest absolute Gasteiger partial charge is 0.159 e. The van der Waals surface area contributed by atoms with Gasteiger partial charge in [0.1, 0.15) is 5.75 Å². The molecule has 1 aliphatic rings. The van der Waals surface area contributed by atoms with Crippen LogP contribution in [0.1, 0.15) is 28.4 Å². The van der Waals surface area contributed by atoms with Crippen molar-refractivity contribution in [1.29, 1.82) is 0 Å². The van der Waals surface area contributed by atoms with E-state index in [9.17, 15) is 4.79 Å². The van der Waals surface area contributed by atoms with Crippen LogP contribution in [0.3, 0.4) is 0 Å². The molecule has 0 N–H and O–H groups in total. The molecular weight excluding hydrogens is 304 g/mol.